The molecule has 0 saturated heterocycles. The summed E-state index contributed by atoms with van der Waals surface area (Å²) < 4.78 is 14.6. The van der Waals surface area contributed by atoms with E-state index in [2.05, 4.69) is 32.9 Å². The largest absolute Gasteiger partial charge is 0.212 e. The summed E-state index contributed by atoms with van der Waals surface area (Å²) in [7, 11) is 0. The van der Waals surface area contributed by atoms with Crippen LogP contribution in [-0.4, -0.2) is 0 Å². The quantitative estimate of drug-likeness (QED) is 0.170. The maximum Gasteiger partial charge on any atom is 0.103 e. The highest BCUT2D eigenvalue weighted by Crippen LogP contribution is 2.22. The highest BCUT2D eigenvalue weighted by Gasteiger charge is 2.04. The summed E-state index contributed by atoms with van der Waals surface area (Å²) in [5.41, 5.74) is 0.982. The van der Waals surface area contributed by atoms with E-state index >= 15 is 0 Å². The lowest BCUT2D eigenvalue weighted by molar-refractivity contribution is 0.524. The van der Waals surface area contributed by atoms with Gasteiger partial charge in [-0.15, -0.1) is 0 Å². The third-order valence-corrected chi connectivity index (χ3v) is 4.94. The molecule has 0 saturated carbocycles. The van der Waals surface area contributed by atoms with Crippen LogP contribution in [0.4, 0.5) is 4.39 Å². The molecule has 0 spiro atoms. The Morgan fingerprint density at radius 3 is 1.68 bits per heavy atom. The fraction of sp³-hybridized carbons (Fsp3) is 0.833. The molecule has 0 atom stereocenters. The van der Waals surface area contributed by atoms with E-state index in [9.17, 15) is 4.39 Å². The van der Waals surface area contributed by atoms with Crippen LogP contribution in [0.5, 0.6) is 0 Å². The number of allylic oxidation sites excluding steroid dienone is 4. The lowest BCUT2D eigenvalue weighted by Gasteiger charge is -2.07. The predicted molar refractivity (Wildman–Crippen MR) is 113 cm³/mol. The van der Waals surface area contributed by atoms with Crippen LogP contribution in [-0.2, 0) is 0 Å². The van der Waals surface area contributed by atoms with Crippen molar-refractivity contribution in [2.24, 2.45) is 0 Å². The number of hydrogen-bond acceptors (Lipinski definition) is 0. The van der Waals surface area contributed by atoms with Gasteiger partial charge in [0.15, 0.2) is 0 Å². The van der Waals surface area contributed by atoms with Crippen LogP contribution in [0, 0.1) is 0 Å². The molecule has 0 aliphatic heterocycles. The highest BCUT2D eigenvalue weighted by molar-refractivity contribution is 5.22. The lowest BCUT2D eigenvalue weighted by atomic mass is 10.0. The van der Waals surface area contributed by atoms with E-state index in [0.717, 1.165) is 31.3 Å². The summed E-state index contributed by atoms with van der Waals surface area (Å²) in [6.45, 7) is 6.69. The Morgan fingerprint density at radius 1 is 0.600 bits per heavy atom. The zero-order valence-corrected chi connectivity index (χ0v) is 17.6. The number of hydrogen-bond donors (Lipinski definition) is 0. The molecular weight excluding hydrogens is 307 g/mol. The average molecular weight is 353 g/mol. The molecule has 0 heterocycles. The number of unbranched alkanes of at least 4 members (excludes halogenated alkanes) is 12. The van der Waals surface area contributed by atoms with Crippen LogP contribution in [0.15, 0.2) is 23.6 Å². The first-order valence-corrected chi connectivity index (χ1v) is 11.3. The fourth-order valence-corrected chi connectivity index (χ4v) is 3.17. The van der Waals surface area contributed by atoms with E-state index in [1.165, 1.54) is 77.0 Å². The first-order valence-electron chi connectivity index (χ1n) is 11.3. The van der Waals surface area contributed by atoms with Gasteiger partial charge in [0.2, 0.25) is 0 Å². The Balaban J connectivity index is 4.15. The van der Waals surface area contributed by atoms with Crippen LogP contribution in [0.2, 0.25) is 0 Å². The van der Waals surface area contributed by atoms with Crippen molar-refractivity contribution >= 4 is 0 Å². The minimum Gasteiger partial charge on any atom is -0.212 e. The summed E-state index contributed by atoms with van der Waals surface area (Å²) in [5.74, 6) is 0.162. The number of halogens is 1. The molecule has 0 fully saturated rings. The van der Waals surface area contributed by atoms with E-state index < -0.39 is 0 Å². The molecule has 0 aromatic rings. The molecule has 0 aliphatic rings. The zero-order chi connectivity index (χ0) is 18.6. The Labute approximate surface area is 158 Å². The Bertz CT molecular complexity index is 327. The zero-order valence-electron chi connectivity index (χ0n) is 17.6. The van der Waals surface area contributed by atoms with E-state index in [4.69, 9.17) is 0 Å². The van der Waals surface area contributed by atoms with Gasteiger partial charge in [-0.3, -0.25) is 0 Å². The predicted octanol–water partition coefficient (Wildman–Crippen LogP) is 9.46. The van der Waals surface area contributed by atoms with Crippen molar-refractivity contribution in [1.29, 1.82) is 0 Å². The normalized spacial score (nSPS) is 12.8. The molecule has 0 aromatic carbocycles. The van der Waals surface area contributed by atoms with Crippen LogP contribution in [0.3, 0.4) is 0 Å². The van der Waals surface area contributed by atoms with Crippen LogP contribution in [0.25, 0.3) is 0 Å². The van der Waals surface area contributed by atoms with Gasteiger partial charge in [-0.2, -0.15) is 0 Å². The van der Waals surface area contributed by atoms with E-state index in [1.807, 2.05) is 0 Å². The van der Waals surface area contributed by atoms with Crippen molar-refractivity contribution in [3.8, 4) is 0 Å². The van der Waals surface area contributed by atoms with E-state index in [-0.39, 0.29) is 5.83 Å². The van der Waals surface area contributed by atoms with Crippen LogP contribution >= 0.6 is 0 Å². The van der Waals surface area contributed by atoms with Gasteiger partial charge in [0.25, 0.3) is 0 Å². The van der Waals surface area contributed by atoms with Gasteiger partial charge in [0.1, 0.15) is 5.83 Å². The molecule has 0 aromatic heterocycles. The molecule has 0 aliphatic carbocycles. The van der Waals surface area contributed by atoms with Crippen molar-refractivity contribution in [2.75, 3.05) is 0 Å². The highest BCUT2D eigenvalue weighted by atomic mass is 19.1. The third kappa shape index (κ3) is 16.6. The summed E-state index contributed by atoms with van der Waals surface area (Å²) >= 11 is 0. The second-order valence-corrected chi connectivity index (χ2v) is 7.51. The van der Waals surface area contributed by atoms with Gasteiger partial charge in [-0.1, -0.05) is 110 Å². The summed E-state index contributed by atoms with van der Waals surface area (Å²) in [6, 6.07) is 0. The van der Waals surface area contributed by atoms with Crippen molar-refractivity contribution in [3.05, 3.63) is 23.6 Å². The number of rotatable bonds is 18. The second kappa shape index (κ2) is 19.7. The van der Waals surface area contributed by atoms with Crippen LogP contribution < -0.4 is 0 Å². The molecule has 0 amide bonds. The smallest absolute Gasteiger partial charge is 0.103 e. The molecule has 0 rings (SSSR count). The molecule has 0 unspecified atom stereocenters. The minimum atomic E-state index is 0.162. The van der Waals surface area contributed by atoms with Gasteiger partial charge in [0.05, 0.1) is 0 Å². The first-order chi connectivity index (χ1) is 12.3. The summed E-state index contributed by atoms with van der Waals surface area (Å²) in [4.78, 5) is 0. The topological polar surface area (TPSA) is 0 Å². The van der Waals surface area contributed by atoms with E-state index in [0.29, 0.717) is 6.42 Å². The Morgan fingerprint density at radius 2 is 1.08 bits per heavy atom. The van der Waals surface area contributed by atoms with Gasteiger partial charge in [-0.05, 0) is 37.7 Å². The molecule has 25 heavy (non-hydrogen) atoms. The molecule has 0 bridgehead atoms. The van der Waals surface area contributed by atoms with Crippen molar-refractivity contribution in [3.63, 3.8) is 0 Å². The summed E-state index contributed by atoms with van der Waals surface area (Å²) in [5, 5.41) is 0. The van der Waals surface area contributed by atoms with Crippen molar-refractivity contribution < 1.29 is 4.39 Å². The minimum absolute atomic E-state index is 0.162. The monoisotopic (exact) mass is 352 g/mol. The molecule has 0 N–H and O–H groups in total. The molecular formula is C24H45F. The average Bonchev–Trinajstić information content (AvgIpc) is 2.62. The molecule has 1 heteroatoms. The molecule has 0 radical (unpaired) electrons. The second-order valence-electron chi connectivity index (χ2n) is 7.51. The van der Waals surface area contributed by atoms with Gasteiger partial charge >= 0.3 is 0 Å². The van der Waals surface area contributed by atoms with Gasteiger partial charge in [-0.25, -0.2) is 4.39 Å². The van der Waals surface area contributed by atoms with Gasteiger partial charge in [0, 0.05) is 0 Å². The van der Waals surface area contributed by atoms with Crippen molar-refractivity contribution in [1.82, 2.24) is 0 Å². The Kier molecular flexibility index (Phi) is 19.3. The SMILES string of the molecule is CCCC/C=C/C(CCCCCC)=C(\F)CCCCCCCCCC. The van der Waals surface area contributed by atoms with Gasteiger partial charge < -0.3 is 0 Å². The first kappa shape index (κ1) is 24.4. The third-order valence-electron chi connectivity index (χ3n) is 4.94. The lowest BCUT2D eigenvalue weighted by Crippen LogP contribution is -1.89. The fourth-order valence-electron chi connectivity index (χ4n) is 3.17. The van der Waals surface area contributed by atoms with E-state index in [1.54, 1.807) is 0 Å². The standard InChI is InChI=1S/C24H45F/c1-4-7-10-13-14-15-16-19-22-24(25)23(20-17-11-8-5-2)21-18-12-9-6-3/h17,20H,4-16,18-19,21-22H2,1-3H3/b20-17+,24-23+. The molecule has 148 valence electrons. The Hall–Kier alpha value is -0.590. The van der Waals surface area contributed by atoms with Crippen LogP contribution in [0.1, 0.15) is 130 Å². The molecule has 0 nitrogen and oxygen atoms in total. The van der Waals surface area contributed by atoms with Crippen molar-refractivity contribution in [2.45, 2.75) is 130 Å². The summed E-state index contributed by atoms with van der Waals surface area (Å²) in [6.07, 6.45) is 24.4. The maximum atomic E-state index is 14.6. The maximum absolute atomic E-state index is 14.6.